The molecule has 0 amide bonds. The summed E-state index contributed by atoms with van der Waals surface area (Å²) in [6.45, 7) is -1.17. The van der Waals surface area contributed by atoms with Gasteiger partial charge in [-0.2, -0.15) is 13.1 Å². The standard InChI is InChI=1S/C11H9F2N3O4S2/c12-11(13)4-7(10(17)18)16(5-11)22(19,20)8-3-1-2-6-9(8)15-21-14-6/h1-3,7H,4-5H2,(H,17,18)/t7-/m1/s1. The number of hydrogen-bond acceptors (Lipinski definition) is 6. The van der Waals surface area contributed by atoms with Crippen molar-refractivity contribution in [1.29, 1.82) is 0 Å². The van der Waals surface area contributed by atoms with Gasteiger partial charge in [0.05, 0.1) is 18.3 Å². The molecule has 1 N–H and O–H groups in total. The molecule has 1 aromatic heterocycles. The van der Waals surface area contributed by atoms with E-state index < -0.39 is 40.9 Å². The average Bonchev–Trinajstić information content (AvgIpc) is 3.01. The Morgan fingerprint density at radius 3 is 2.82 bits per heavy atom. The number of hydrogen-bond donors (Lipinski definition) is 1. The highest BCUT2D eigenvalue weighted by molar-refractivity contribution is 7.89. The Hall–Kier alpha value is -1.72. The van der Waals surface area contributed by atoms with E-state index in [0.717, 1.165) is 11.7 Å². The number of alkyl halides is 2. The van der Waals surface area contributed by atoms with Crippen molar-refractivity contribution < 1.29 is 27.1 Å². The molecule has 0 radical (unpaired) electrons. The number of carboxylic acids is 1. The fourth-order valence-corrected chi connectivity index (χ4v) is 4.73. The monoisotopic (exact) mass is 349 g/mol. The molecular formula is C11H9F2N3O4S2. The molecular weight excluding hydrogens is 340 g/mol. The lowest BCUT2D eigenvalue weighted by atomic mass is 10.2. The molecule has 0 unspecified atom stereocenters. The first kappa shape index (κ1) is 15.2. The third-order valence-electron chi connectivity index (χ3n) is 3.35. The van der Waals surface area contributed by atoms with Gasteiger partial charge in [-0.1, -0.05) is 6.07 Å². The lowest BCUT2D eigenvalue weighted by Gasteiger charge is -2.20. The molecule has 22 heavy (non-hydrogen) atoms. The van der Waals surface area contributed by atoms with E-state index in [1.165, 1.54) is 18.2 Å². The second kappa shape index (κ2) is 4.89. The molecule has 1 aliphatic heterocycles. The van der Waals surface area contributed by atoms with Gasteiger partial charge in [-0.15, -0.1) is 0 Å². The second-order valence-corrected chi connectivity index (χ2v) is 7.24. The number of aliphatic carboxylic acids is 1. The highest BCUT2D eigenvalue weighted by Crippen LogP contribution is 2.37. The van der Waals surface area contributed by atoms with Crippen molar-refractivity contribution in [3.63, 3.8) is 0 Å². The molecule has 2 aromatic rings. The molecule has 0 spiro atoms. The van der Waals surface area contributed by atoms with Gasteiger partial charge in [0, 0.05) is 6.42 Å². The zero-order valence-corrected chi connectivity index (χ0v) is 12.4. The van der Waals surface area contributed by atoms with E-state index in [-0.39, 0.29) is 10.4 Å². The minimum atomic E-state index is -4.42. The summed E-state index contributed by atoms with van der Waals surface area (Å²) < 4.78 is 60.3. The molecule has 0 saturated carbocycles. The molecule has 1 aliphatic rings. The van der Waals surface area contributed by atoms with Crippen molar-refractivity contribution in [2.24, 2.45) is 0 Å². The number of rotatable bonds is 3. The molecule has 11 heteroatoms. The van der Waals surface area contributed by atoms with Gasteiger partial charge in [-0.25, -0.2) is 17.2 Å². The summed E-state index contributed by atoms with van der Waals surface area (Å²) in [5.41, 5.74) is 0.357. The Labute approximate surface area is 127 Å². The van der Waals surface area contributed by atoms with Crippen LogP contribution in [0.4, 0.5) is 8.78 Å². The number of halogens is 2. The van der Waals surface area contributed by atoms with Crippen LogP contribution in [0.25, 0.3) is 11.0 Å². The van der Waals surface area contributed by atoms with Crippen molar-refractivity contribution in [2.45, 2.75) is 23.3 Å². The summed E-state index contributed by atoms with van der Waals surface area (Å²) in [6.07, 6.45) is -1.05. The number of fused-ring (bicyclic) bond motifs is 1. The topological polar surface area (TPSA) is 100 Å². The van der Waals surface area contributed by atoms with E-state index in [1.54, 1.807) is 0 Å². The van der Waals surface area contributed by atoms with E-state index in [0.29, 0.717) is 9.82 Å². The molecule has 0 aliphatic carbocycles. The maximum atomic E-state index is 13.5. The second-order valence-electron chi connectivity index (χ2n) is 4.85. The van der Waals surface area contributed by atoms with Crippen LogP contribution in [-0.2, 0) is 14.8 Å². The van der Waals surface area contributed by atoms with Crippen LogP contribution in [0, 0.1) is 0 Å². The van der Waals surface area contributed by atoms with Gasteiger partial charge in [0.1, 0.15) is 22.0 Å². The summed E-state index contributed by atoms with van der Waals surface area (Å²) >= 11 is 0.785. The lowest BCUT2D eigenvalue weighted by molar-refractivity contribution is -0.141. The summed E-state index contributed by atoms with van der Waals surface area (Å²) in [5, 5.41) is 9.03. The molecule has 1 atom stereocenters. The SMILES string of the molecule is O=C(O)[C@H]1CC(F)(F)CN1S(=O)(=O)c1cccc2nsnc12. The average molecular weight is 349 g/mol. The van der Waals surface area contributed by atoms with Crippen molar-refractivity contribution >= 4 is 38.8 Å². The first-order valence-electron chi connectivity index (χ1n) is 6.06. The number of nitrogens with zero attached hydrogens (tertiary/aromatic N) is 3. The molecule has 118 valence electrons. The molecule has 1 saturated heterocycles. The molecule has 1 aromatic carbocycles. The summed E-state index contributed by atoms with van der Waals surface area (Å²) in [5.74, 6) is -4.99. The normalized spacial score (nSPS) is 22.2. The zero-order valence-electron chi connectivity index (χ0n) is 10.8. The number of benzene rings is 1. The Morgan fingerprint density at radius 1 is 1.41 bits per heavy atom. The first-order valence-corrected chi connectivity index (χ1v) is 8.23. The van der Waals surface area contributed by atoms with Crippen LogP contribution in [0.3, 0.4) is 0 Å². The van der Waals surface area contributed by atoms with E-state index in [1.807, 2.05) is 0 Å². The highest BCUT2D eigenvalue weighted by atomic mass is 32.2. The third kappa shape index (κ3) is 2.34. The van der Waals surface area contributed by atoms with Crippen LogP contribution in [-0.4, -0.2) is 51.1 Å². The molecule has 2 heterocycles. The Kier molecular flexibility index (Phi) is 3.38. The smallest absolute Gasteiger partial charge is 0.322 e. The summed E-state index contributed by atoms with van der Waals surface area (Å²) in [4.78, 5) is 10.8. The van der Waals surface area contributed by atoms with Gasteiger partial charge in [0.25, 0.3) is 5.92 Å². The predicted molar refractivity (Wildman–Crippen MR) is 72.3 cm³/mol. The van der Waals surface area contributed by atoms with Gasteiger partial charge in [-0.05, 0) is 12.1 Å². The molecule has 3 rings (SSSR count). The number of aromatic nitrogens is 2. The van der Waals surface area contributed by atoms with Crippen LogP contribution >= 0.6 is 11.7 Å². The van der Waals surface area contributed by atoms with E-state index in [9.17, 15) is 22.0 Å². The lowest BCUT2D eigenvalue weighted by Crippen LogP contribution is -2.40. The van der Waals surface area contributed by atoms with Gasteiger partial charge in [-0.3, -0.25) is 4.79 Å². The van der Waals surface area contributed by atoms with E-state index >= 15 is 0 Å². The predicted octanol–water partition coefficient (Wildman–Crippen LogP) is 1.17. The van der Waals surface area contributed by atoms with Gasteiger partial charge >= 0.3 is 5.97 Å². The van der Waals surface area contributed by atoms with Gasteiger partial charge in [0.2, 0.25) is 10.0 Å². The Balaban J connectivity index is 2.13. The van der Waals surface area contributed by atoms with Crippen molar-refractivity contribution in [2.75, 3.05) is 6.54 Å². The summed E-state index contributed by atoms with van der Waals surface area (Å²) in [6, 6.07) is 2.34. The quantitative estimate of drug-likeness (QED) is 0.893. The minimum Gasteiger partial charge on any atom is -0.480 e. The van der Waals surface area contributed by atoms with Crippen LogP contribution in [0.2, 0.25) is 0 Å². The van der Waals surface area contributed by atoms with Crippen LogP contribution in [0.1, 0.15) is 6.42 Å². The number of sulfonamides is 1. The van der Waals surface area contributed by atoms with Crippen molar-refractivity contribution in [3.05, 3.63) is 18.2 Å². The van der Waals surface area contributed by atoms with E-state index in [2.05, 4.69) is 8.75 Å². The van der Waals surface area contributed by atoms with Crippen molar-refractivity contribution in [3.8, 4) is 0 Å². The van der Waals surface area contributed by atoms with Crippen LogP contribution < -0.4 is 0 Å². The Morgan fingerprint density at radius 2 is 2.14 bits per heavy atom. The van der Waals surface area contributed by atoms with E-state index in [4.69, 9.17) is 5.11 Å². The largest absolute Gasteiger partial charge is 0.480 e. The maximum absolute atomic E-state index is 13.5. The van der Waals surface area contributed by atoms with Crippen LogP contribution in [0.15, 0.2) is 23.1 Å². The fourth-order valence-electron chi connectivity index (χ4n) is 2.37. The molecule has 0 bridgehead atoms. The number of carbonyl (C=O) groups is 1. The van der Waals surface area contributed by atoms with Gasteiger partial charge < -0.3 is 5.11 Å². The maximum Gasteiger partial charge on any atom is 0.322 e. The van der Waals surface area contributed by atoms with Gasteiger partial charge in [0.15, 0.2) is 0 Å². The molecule has 7 nitrogen and oxygen atoms in total. The minimum absolute atomic E-state index is 0.0480. The van der Waals surface area contributed by atoms with Crippen LogP contribution in [0.5, 0.6) is 0 Å². The fraction of sp³-hybridized carbons (Fsp3) is 0.364. The number of carboxylic acid groups (broad SMARTS) is 1. The summed E-state index contributed by atoms with van der Waals surface area (Å²) in [7, 11) is -4.42. The first-order chi connectivity index (χ1) is 10.2. The molecule has 1 fully saturated rings. The zero-order chi connectivity index (χ0) is 16.1. The Bertz CT molecular complexity index is 852. The third-order valence-corrected chi connectivity index (χ3v) is 5.78. The highest BCUT2D eigenvalue weighted by Gasteiger charge is 2.53. The van der Waals surface area contributed by atoms with Crippen molar-refractivity contribution in [1.82, 2.24) is 13.1 Å².